The summed E-state index contributed by atoms with van der Waals surface area (Å²) in [7, 11) is 1.36. The highest BCUT2D eigenvalue weighted by Crippen LogP contribution is 2.39. The van der Waals surface area contributed by atoms with Crippen molar-refractivity contribution in [2.45, 2.75) is 6.18 Å². The molecule has 0 saturated heterocycles. The zero-order chi connectivity index (χ0) is 15.6. The second-order valence-electron chi connectivity index (χ2n) is 4.19. The Morgan fingerprint density at radius 2 is 1.81 bits per heavy atom. The monoisotopic (exact) mass is 295 g/mol. The van der Waals surface area contributed by atoms with Gasteiger partial charge in [-0.3, -0.25) is 0 Å². The van der Waals surface area contributed by atoms with Crippen LogP contribution < -0.4 is 4.74 Å². The lowest BCUT2D eigenvalue weighted by molar-refractivity contribution is -0.136. The molecule has 0 aromatic heterocycles. The highest BCUT2D eigenvalue weighted by Gasteiger charge is 2.33. The van der Waals surface area contributed by atoms with Gasteiger partial charge in [0.2, 0.25) is 0 Å². The Morgan fingerprint density at radius 3 is 2.33 bits per heavy atom. The van der Waals surface area contributed by atoms with Crippen LogP contribution in [0.25, 0.3) is 16.0 Å². The fourth-order valence-electron chi connectivity index (χ4n) is 1.89. The SMILES string of the molecule is [C-]#[N+]c1ccc(-c2ccc(OC)cc2F)cc1C(F)(F)F. The number of methoxy groups -OCH3 is 1. The molecule has 2 nitrogen and oxygen atoms in total. The molecule has 0 bridgehead atoms. The van der Waals surface area contributed by atoms with Crippen molar-refractivity contribution in [3.8, 4) is 16.9 Å². The van der Waals surface area contributed by atoms with Gasteiger partial charge < -0.3 is 4.74 Å². The van der Waals surface area contributed by atoms with Gasteiger partial charge in [-0.2, -0.15) is 13.2 Å². The van der Waals surface area contributed by atoms with Crippen molar-refractivity contribution in [1.29, 1.82) is 0 Å². The zero-order valence-electron chi connectivity index (χ0n) is 10.8. The third-order valence-electron chi connectivity index (χ3n) is 2.91. The number of alkyl halides is 3. The normalized spacial score (nSPS) is 11.0. The van der Waals surface area contributed by atoms with Crippen LogP contribution >= 0.6 is 0 Å². The molecule has 0 N–H and O–H groups in total. The average Bonchev–Trinajstić information content (AvgIpc) is 2.45. The molecule has 2 aromatic carbocycles. The van der Waals surface area contributed by atoms with Crippen molar-refractivity contribution >= 4 is 5.69 Å². The molecule has 2 aromatic rings. The highest BCUT2D eigenvalue weighted by molar-refractivity contribution is 5.70. The van der Waals surface area contributed by atoms with E-state index in [0.29, 0.717) is 0 Å². The Morgan fingerprint density at radius 1 is 1.10 bits per heavy atom. The van der Waals surface area contributed by atoms with Gasteiger partial charge in [-0.05, 0) is 17.7 Å². The van der Waals surface area contributed by atoms with Gasteiger partial charge in [0.25, 0.3) is 0 Å². The number of nitrogens with zero attached hydrogens (tertiary/aromatic N) is 1. The lowest BCUT2D eigenvalue weighted by atomic mass is 10.0. The van der Waals surface area contributed by atoms with Gasteiger partial charge in [-0.15, -0.1) is 0 Å². The smallest absolute Gasteiger partial charge is 0.407 e. The first-order chi connectivity index (χ1) is 9.86. The summed E-state index contributed by atoms with van der Waals surface area (Å²) in [6.45, 7) is 6.77. The van der Waals surface area contributed by atoms with Crippen LogP contribution in [-0.4, -0.2) is 7.11 Å². The molecule has 0 spiro atoms. The van der Waals surface area contributed by atoms with E-state index in [1.54, 1.807) is 0 Å². The van der Waals surface area contributed by atoms with Gasteiger partial charge in [0, 0.05) is 11.6 Å². The molecular formula is C15H9F4NO. The standard InChI is InChI=1S/C15H9F4NO/c1-20-14-6-3-9(7-12(14)15(17,18)19)11-5-4-10(21-2)8-13(11)16/h3-8H,2H3. The van der Waals surface area contributed by atoms with Crippen LogP contribution in [0.4, 0.5) is 23.2 Å². The third kappa shape index (κ3) is 2.97. The second-order valence-corrected chi connectivity index (χ2v) is 4.19. The van der Waals surface area contributed by atoms with Gasteiger partial charge in [0.15, 0.2) is 5.69 Å². The number of halogens is 4. The summed E-state index contributed by atoms with van der Waals surface area (Å²) in [5.41, 5.74) is -1.53. The summed E-state index contributed by atoms with van der Waals surface area (Å²) >= 11 is 0. The van der Waals surface area contributed by atoms with Crippen molar-refractivity contribution in [3.63, 3.8) is 0 Å². The summed E-state index contributed by atoms with van der Waals surface area (Å²) in [4.78, 5) is 2.84. The maximum atomic E-state index is 13.9. The lowest BCUT2D eigenvalue weighted by Crippen LogP contribution is -2.05. The summed E-state index contributed by atoms with van der Waals surface area (Å²) in [6.07, 6.45) is -4.67. The van der Waals surface area contributed by atoms with E-state index in [-0.39, 0.29) is 16.9 Å². The highest BCUT2D eigenvalue weighted by atomic mass is 19.4. The van der Waals surface area contributed by atoms with E-state index in [0.717, 1.165) is 18.2 Å². The minimum Gasteiger partial charge on any atom is -0.497 e. The number of hydrogen-bond acceptors (Lipinski definition) is 1. The number of ether oxygens (including phenoxy) is 1. The van der Waals surface area contributed by atoms with E-state index in [4.69, 9.17) is 11.3 Å². The van der Waals surface area contributed by atoms with Crippen LogP contribution in [0.2, 0.25) is 0 Å². The van der Waals surface area contributed by atoms with Crippen molar-refractivity contribution in [2.75, 3.05) is 7.11 Å². The summed E-state index contributed by atoms with van der Waals surface area (Å²) in [6, 6.07) is 6.97. The third-order valence-corrected chi connectivity index (χ3v) is 2.91. The molecule has 0 atom stereocenters. The van der Waals surface area contributed by atoms with Gasteiger partial charge in [-0.1, -0.05) is 18.2 Å². The Balaban J connectivity index is 2.59. The lowest BCUT2D eigenvalue weighted by Gasteiger charge is -2.12. The first-order valence-corrected chi connectivity index (χ1v) is 5.79. The van der Waals surface area contributed by atoms with Crippen molar-refractivity contribution in [1.82, 2.24) is 0 Å². The zero-order valence-corrected chi connectivity index (χ0v) is 10.8. The van der Waals surface area contributed by atoms with Crippen LogP contribution in [0.3, 0.4) is 0 Å². The fraction of sp³-hybridized carbons (Fsp3) is 0.133. The van der Waals surface area contributed by atoms with E-state index in [9.17, 15) is 17.6 Å². The fourth-order valence-corrected chi connectivity index (χ4v) is 1.89. The minimum absolute atomic E-state index is 0.0119. The first-order valence-electron chi connectivity index (χ1n) is 5.79. The molecule has 0 aliphatic carbocycles. The molecule has 108 valence electrons. The average molecular weight is 295 g/mol. The van der Waals surface area contributed by atoms with Crippen LogP contribution in [-0.2, 0) is 6.18 Å². The van der Waals surface area contributed by atoms with Crippen LogP contribution in [0.5, 0.6) is 5.75 Å². The molecular weight excluding hydrogens is 286 g/mol. The van der Waals surface area contributed by atoms with E-state index in [1.807, 2.05) is 0 Å². The number of rotatable bonds is 2. The van der Waals surface area contributed by atoms with E-state index < -0.39 is 23.2 Å². The summed E-state index contributed by atoms with van der Waals surface area (Å²) in [5, 5.41) is 0. The molecule has 0 heterocycles. The van der Waals surface area contributed by atoms with Crippen molar-refractivity contribution in [3.05, 3.63) is 59.2 Å². The second kappa shape index (κ2) is 5.44. The molecule has 0 radical (unpaired) electrons. The van der Waals surface area contributed by atoms with Crippen LogP contribution in [0.15, 0.2) is 36.4 Å². The molecule has 0 unspecified atom stereocenters. The van der Waals surface area contributed by atoms with Crippen molar-refractivity contribution < 1.29 is 22.3 Å². The van der Waals surface area contributed by atoms with Crippen molar-refractivity contribution in [2.24, 2.45) is 0 Å². The quantitative estimate of drug-likeness (QED) is 0.557. The maximum Gasteiger partial charge on any atom is 0.407 e. The number of benzene rings is 2. The Kier molecular flexibility index (Phi) is 3.85. The van der Waals surface area contributed by atoms with E-state index >= 15 is 0 Å². The Labute approximate surface area is 118 Å². The maximum absolute atomic E-state index is 13.9. The molecule has 2 rings (SSSR count). The topological polar surface area (TPSA) is 13.6 Å². The molecule has 0 fully saturated rings. The minimum atomic E-state index is -4.67. The predicted octanol–water partition coefficient (Wildman–Crippen LogP) is 5.07. The van der Waals surface area contributed by atoms with Gasteiger partial charge >= 0.3 is 6.18 Å². The van der Waals surface area contributed by atoms with Crippen LogP contribution in [0.1, 0.15) is 5.56 Å². The Hall–Kier alpha value is -2.55. The van der Waals surface area contributed by atoms with E-state index in [2.05, 4.69) is 4.85 Å². The largest absolute Gasteiger partial charge is 0.497 e. The summed E-state index contributed by atoms with van der Waals surface area (Å²) < 4.78 is 57.4. The molecule has 0 saturated carbocycles. The summed E-state index contributed by atoms with van der Waals surface area (Å²) in [5.74, 6) is -0.428. The Bertz CT molecular complexity index is 717. The first kappa shape index (κ1) is 14.9. The van der Waals surface area contributed by atoms with Gasteiger partial charge in [0.1, 0.15) is 11.6 Å². The molecule has 21 heavy (non-hydrogen) atoms. The van der Waals surface area contributed by atoms with Crippen LogP contribution in [0, 0.1) is 12.4 Å². The van der Waals surface area contributed by atoms with Gasteiger partial charge in [0.05, 0.1) is 19.2 Å². The molecule has 6 heteroatoms. The molecule has 0 aliphatic rings. The van der Waals surface area contributed by atoms with Gasteiger partial charge in [-0.25, -0.2) is 9.24 Å². The number of hydrogen-bond donors (Lipinski definition) is 0. The molecule has 0 amide bonds. The predicted molar refractivity (Wildman–Crippen MR) is 69.7 cm³/mol. The molecule has 0 aliphatic heterocycles. The van der Waals surface area contributed by atoms with E-state index in [1.165, 1.54) is 25.3 Å².